The number of hydrogen-bond donors (Lipinski definition) is 1. The van der Waals surface area contributed by atoms with E-state index in [1.807, 2.05) is 0 Å². The van der Waals surface area contributed by atoms with E-state index < -0.39 is 11.9 Å². The summed E-state index contributed by atoms with van der Waals surface area (Å²) in [6.45, 7) is 0.953. The van der Waals surface area contributed by atoms with Crippen LogP contribution in [0, 0.1) is 0 Å². The number of hydrogen-bond acceptors (Lipinski definition) is 6. The molecule has 0 bridgehead atoms. The Morgan fingerprint density at radius 3 is 2.60 bits per heavy atom. The molecule has 1 aliphatic heterocycles. The molecule has 0 aromatic carbocycles. The molecule has 3 heterocycles. The number of nitrogens with one attached hydrogen (secondary N) is 1. The van der Waals surface area contributed by atoms with Crippen molar-refractivity contribution >= 4 is 11.7 Å². The number of carbonyl (C=O) groups excluding carboxylic acids is 1. The quantitative estimate of drug-likeness (QED) is 0.894. The second kappa shape index (κ2) is 6.65. The molecular weight excluding hydrogens is 339 g/mol. The SMILES string of the molecule is Cn1cc(C(=O)N2CCC(Nc3cc(C(F)(F)F)ncn3)CC2)nn1. The van der Waals surface area contributed by atoms with Crippen molar-refractivity contribution in [1.82, 2.24) is 29.9 Å². The van der Waals surface area contributed by atoms with E-state index in [9.17, 15) is 18.0 Å². The summed E-state index contributed by atoms with van der Waals surface area (Å²) in [5, 5.41) is 10.5. The van der Waals surface area contributed by atoms with E-state index in [4.69, 9.17) is 0 Å². The minimum Gasteiger partial charge on any atom is -0.367 e. The predicted octanol–water partition coefficient (Wildman–Crippen LogP) is 1.34. The number of rotatable bonds is 3. The summed E-state index contributed by atoms with van der Waals surface area (Å²) in [6, 6.07) is 0.818. The third-order valence-electron chi connectivity index (χ3n) is 3.91. The van der Waals surface area contributed by atoms with E-state index in [1.54, 1.807) is 18.1 Å². The van der Waals surface area contributed by atoms with Crippen molar-refractivity contribution in [1.29, 1.82) is 0 Å². The first kappa shape index (κ1) is 17.1. The molecule has 25 heavy (non-hydrogen) atoms. The molecule has 3 rings (SSSR count). The molecule has 2 aromatic rings. The van der Waals surface area contributed by atoms with Gasteiger partial charge in [0.05, 0.1) is 6.20 Å². The average molecular weight is 355 g/mol. The fourth-order valence-electron chi connectivity index (χ4n) is 2.63. The van der Waals surface area contributed by atoms with Crippen LogP contribution in [0.4, 0.5) is 19.0 Å². The van der Waals surface area contributed by atoms with E-state index in [2.05, 4.69) is 25.6 Å². The minimum atomic E-state index is -4.51. The van der Waals surface area contributed by atoms with E-state index in [1.165, 1.54) is 4.68 Å². The number of halogens is 3. The Balaban J connectivity index is 1.57. The monoisotopic (exact) mass is 355 g/mol. The zero-order chi connectivity index (χ0) is 18.0. The number of nitrogens with zero attached hydrogens (tertiary/aromatic N) is 6. The largest absolute Gasteiger partial charge is 0.433 e. The highest BCUT2D eigenvalue weighted by atomic mass is 19.4. The first-order valence-electron chi connectivity index (χ1n) is 7.64. The van der Waals surface area contributed by atoms with Gasteiger partial charge in [0.1, 0.15) is 17.8 Å². The standard InChI is InChI=1S/C14H16F3N7O/c1-23-7-10(21-22-23)13(25)24-4-2-9(3-5-24)20-12-6-11(14(15,16)17)18-8-19-12/h6-9H,2-5H2,1H3,(H,18,19,20). The van der Waals surface area contributed by atoms with Crippen molar-refractivity contribution in [2.45, 2.75) is 25.1 Å². The molecule has 0 atom stereocenters. The topological polar surface area (TPSA) is 88.8 Å². The summed E-state index contributed by atoms with van der Waals surface area (Å²) < 4.78 is 39.5. The van der Waals surface area contributed by atoms with Gasteiger partial charge in [0.15, 0.2) is 5.69 Å². The lowest BCUT2D eigenvalue weighted by Gasteiger charge is -2.32. The summed E-state index contributed by atoms with van der Waals surface area (Å²) >= 11 is 0. The van der Waals surface area contributed by atoms with Gasteiger partial charge < -0.3 is 10.2 Å². The molecule has 11 heteroatoms. The molecular formula is C14H16F3N7O. The summed E-state index contributed by atoms with van der Waals surface area (Å²) in [5.74, 6) is -0.0750. The van der Waals surface area contributed by atoms with Crippen LogP contribution in [0.1, 0.15) is 29.0 Å². The first-order valence-corrected chi connectivity index (χ1v) is 7.64. The van der Waals surface area contributed by atoms with Crippen molar-refractivity contribution in [3.63, 3.8) is 0 Å². The van der Waals surface area contributed by atoms with Gasteiger partial charge in [-0.15, -0.1) is 5.10 Å². The van der Waals surface area contributed by atoms with Crippen LogP contribution in [0.2, 0.25) is 0 Å². The Bertz CT molecular complexity index is 753. The van der Waals surface area contributed by atoms with Crippen LogP contribution < -0.4 is 5.32 Å². The Kier molecular flexibility index (Phi) is 4.55. The van der Waals surface area contributed by atoms with Gasteiger partial charge in [0.25, 0.3) is 5.91 Å². The molecule has 1 amide bonds. The molecule has 0 radical (unpaired) electrons. The van der Waals surface area contributed by atoms with Gasteiger partial charge in [-0.2, -0.15) is 13.2 Å². The highest BCUT2D eigenvalue weighted by molar-refractivity contribution is 5.92. The molecule has 0 saturated carbocycles. The van der Waals surface area contributed by atoms with Gasteiger partial charge in [-0.1, -0.05) is 5.21 Å². The van der Waals surface area contributed by atoms with Crippen LogP contribution >= 0.6 is 0 Å². The number of likely N-dealkylation sites (tertiary alicyclic amines) is 1. The van der Waals surface area contributed by atoms with Crippen LogP contribution in [0.3, 0.4) is 0 Å². The zero-order valence-corrected chi connectivity index (χ0v) is 13.4. The summed E-state index contributed by atoms with van der Waals surface area (Å²) in [6.07, 6.45) is -0.884. The lowest BCUT2D eigenvalue weighted by atomic mass is 10.0. The maximum Gasteiger partial charge on any atom is 0.433 e. The van der Waals surface area contributed by atoms with Crippen LogP contribution in [-0.4, -0.2) is 54.9 Å². The van der Waals surface area contributed by atoms with Crippen molar-refractivity contribution in [2.75, 3.05) is 18.4 Å². The number of amides is 1. The molecule has 1 saturated heterocycles. The number of anilines is 1. The maximum atomic E-state index is 12.7. The van der Waals surface area contributed by atoms with Crippen molar-refractivity contribution < 1.29 is 18.0 Å². The number of alkyl halides is 3. The molecule has 2 aromatic heterocycles. The highest BCUT2D eigenvalue weighted by Crippen LogP contribution is 2.28. The number of piperidine rings is 1. The van der Waals surface area contributed by atoms with Gasteiger partial charge in [-0.25, -0.2) is 9.97 Å². The van der Waals surface area contributed by atoms with Gasteiger partial charge in [-0.05, 0) is 12.8 Å². The molecule has 134 valence electrons. The molecule has 1 N–H and O–H groups in total. The van der Waals surface area contributed by atoms with Gasteiger partial charge in [0, 0.05) is 32.2 Å². The molecule has 1 aliphatic rings. The Labute approximate surface area is 141 Å². The van der Waals surface area contributed by atoms with Gasteiger partial charge in [-0.3, -0.25) is 9.48 Å². The van der Waals surface area contributed by atoms with Crippen LogP contribution in [0.15, 0.2) is 18.6 Å². The van der Waals surface area contributed by atoms with E-state index in [0.717, 1.165) is 12.4 Å². The summed E-state index contributed by atoms with van der Waals surface area (Å²) in [7, 11) is 1.68. The van der Waals surface area contributed by atoms with Crippen LogP contribution in [-0.2, 0) is 13.2 Å². The average Bonchev–Trinajstić information content (AvgIpc) is 3.01. The lowest BCUT2D eigenvalue weighted by Crippen LogP contribution is -2.42. The normalized spacial score (nSPS) is 16.1. The molecule has 0 unspecified atom stereocenters. The first-order chi connectivity index (χ1) is 11.8. The molecule has 8 nitrogen and oxygen atoms in total. The Hall–Kier alpha value is -2.72. The summed E-state index contributed by atoms with van der Waals surface area (Å²) in [4.78, 5) is 21.0. The third kappa shape index (κ3) is 4.03. The predicted molar refractivity (Wildman–Crippen MR) is 80.6 cm³/mol. The number of aryl methyl sites for hydroxylation is 1. The van der Waals surface area contributed by atoms with Crippen molar-refractivity contribution in [3.8, 4) is 0 Å². The van der Waals surface area contributed by atoms with Gasteiger partial charge >= 0.3 is 6.18 Å². The fourth-order valence-corrected chi connectivity index (χ4v) is 2.63. The molecule has 0 aliphatic carbocycles. The number of aromatic nitrogens is 5. The smallest absolute Gasteiger partial charge is 0.367 e. The van der Waals surface area contributed by atoms with E-state index >= 15 is 0 Å². The summed E-state index contributed by atoms with van der Waals surface area (Å²) in [5.41, 5.74) is -0.709. The Morgan fingerprint density at radius 2 is 2.00 bits per heavy atom. The minimum absolute atomic E-state index is 0.0677. The fraction of sp³-hybridized carbons (Fsp3) is 0.500. The Morgan fingerprint density at radius 1 is 1.28 bits per heavy atom. The lowest BCUT2D eigenvalue weighted by molar-refractivity contribution is -0.141. The second-order valence-electron chi connectivity index (χ2n) is 5.77. The maximum absolute atomic E-state index is 12.7. The van der Waals surface area contributed by atoms with Gasteiger partial charge in [0.2, 0.25) is 0 Å². The number of carbonyl (C=O) groups is 1. The molecule has 0 spiro atoms. The van der Waals surface area contributed by atoms with Crippen LogP contribution in [0.5, 0.6) is 0 Å². The second-order valence-corrected chi connectivity index (χ2v) is 5.77. The molecule has 1 fully saturated rings. The van der Waals surface area contributed by atoms with Crippen molar-refractivity contribution in [2.24, 2.45) is 7.05 Å². The van der Waals surface area contributed by atoms with E-state index in [0.29, 0.717) is 25.9 Å². The zero-order valence-electron chi connectivity index (χ0n) is 13.4. The third-order valence-corrected chi connectivity index (χ3v) is 3.91. The highest BCUT2D eigenvalue weighted by Gasteiger charge is 2.33. The van der Waals surface area contributed by atoms with E-state index in [-0.39, 0.29) is 23.5 Å². The van der Waals surface area contributed by atoms with Crippen molar-refractivity contribution in [3.05, 3.63) is 30.0 Å². The van der Waals surface area contributed by atoms with Crippen LogP contribution in [0.25, 0.3) is 0 Å².